The highest BCUT2D eigenvalue weighted by Gasteiger charge is 2.29. The molecule has 4 aromatic rings. The molecule has 1 saturated heterocycles. The monoisotopic (exact) mass is 420 g/mol. The van der Waals surface area contributed by atoms with Gasteiger partial charge in [-0.1, -0.05) is 12.1 Å². The molecule has 7 heteroatoms. The van der Waals surface area contributed by atoms with Gasteiger partial charge in [0.05, 0.1) is 28.4 Å². The molecule has 0 radical (unpaired) electrons. The summed E-state index contributed by atoms with van der Waals surface area (Å²) in [6.45, 7) is 4.14. The van der Waals surface area contributed by atoms with E-state index in [1.165, 1.54) is 16.1 Å². The lowest BCUT2D eigenvalue weighted by Gasteiger charge is -2.34. The molecule has 0 saturated carbocycles. The van der Waals surface area contributed by atoms with E-state index in [2.05, 4.69) is 46.3 Å². The minimum absolute atomic E-state index is 0.0710. The Hall–Kier alpha value is -2.77. The van der Waals surface area contributed by atoms with Gasteiger partial charge in [-0.05, 0) is 62.7 Å². The molecule has 0 spiro atoms. The van der Waals surface area contributed by atoms with E-state index in [-0.39, 0.29) is 6.04 Å². The first kappa shape index (κ1) is 19.2. The number of likely N-dealkylation sites (tertiary alicyclic amines) is 1. The highest BCUT2D eigenvalue weighted by molar-refractivity contribution is 7.18. The zero-order valence-electron chi connectivity index (χ0n) is 17.1. The van der Waals surface area contributed by atoms with E-state index < -0.39 is 0 Å². The standard InChI is InChI=1S/C23H24N4O2S/c1-15(21-25-26-22(29-21)16-9-11-18(28-2)12-10-16)27-13-5-6-17(14-27)23-24-19-7-3-4-8-20(19)30-23/h3-4,7-12,15,17H,5-6,13-14H2,1-2H3/t15-,17-/m0/s1. The van der Waals surface area contributed by atoms with Crippen LogP contribution in [0.25, 0.3) is 21.7 Å². The Labute approximate surface area is 179 Å². The van der Waals surface area contributed by atoms with Crippen molar-refractivity contribution in [2.75, 3.05) is 20.2 Å². The number of hydrogen-bond acceptors (Lipinski definition) is 7. The lowest BCUT2D eigenvalue weighted by molar-refractivity contribution is 0.139. The second-order valence-electron chi connectivity index (χ2n) is 7.70. The summed E-state index contributed by atoms with van der Waals surface area (Å²) in [5.74, 6) is 2.45. The quantitative estimate of drug-likeness (QED) is 0.437. The van der Waals surface area contributed by atoms with Gasteiger partial charge in [-0.2, -0.15) is 0 Å². The fourth-order valence-corrected chi connectivity index (χ4v) is 5.13. The number of rotatable bonds is 5. The summed E-state index contributed by atoms with van der Waals surface area (Å²) < 4.78 is 12.5. The van der Waals surface area contributed by atoms with E-state index in [4.69, 9.17) is 14.1 Å². The SMILES string of the molecule is COc1ccc(-c2nnc([C@H](C)N3CCC[C@H](c4nc5ccccc5s4)C3)o2)cc1. The first-order chi connectivity index (χ1) is 14.7. The Morgan fingerprint density at radius 3 is 2.77 bits per heavy atom. The second kappa shape index (κ2) is 8.16. The average molecular weight is 421 g/mol. The van der Waals surface area contributed by atoms with Gasteiger partial charge in [0.2, 0.25) is 11.8 Å². The Balaban J connectivity index is 1.32. The smallest absolute Gasteiger partial charge is 0.247 e. The number of para-hydroxylation sites is 1. The molecule has 154 valence electrons. The molecule has 1 aliphatic rings. The minimum atomic E-state index is 0.0710. The number of methoxy groups -OCH3 is 1. The third-order valence-corrected chi connectivity index (χ3v) is 6.99. The highest BCUT2D eigenvalue weighted by Crippen LogP contribution is 2.35. The Morgan fingerprint density at radius 1 is 1.13 bits per heavy atom. The number of ether oxygens (including phenoxy) is 1. The van der Waals surface area contributed by atoms with Crippen molar-refractivity contribution in [3.63, 3.8) is 0 Å². The van der Waals surface area contributed by atoms with Crippen LogP contribution in [0.15, 0.2) is 52.9 Å². The normalized spacial score (nSPS) is 18.5. The van der Waals surface area contributed by atoms with Crippen molar-refractivity contribution in [1.82, 2.24) is 20.1 Å². The van der Waals surface area contributed by atoms with Gasteiger partial charge in [0, 0.05) is 18.0 Å². The Morgan fingerprint density at radius 2 is 1.97 bits per heavy atom. The summed E-state index contributed by atoms with van der Waals surface area (Å²) >= 11 is 1.82. The molecular weight excluding hydrogens is 396 g/mol. The van der Waals surface area contributed by atoms with Crippen molar-refractivity contribution in [3.8, 4) is 17.2 Å². The van der Waals surface area contributed by atoms with Gasteiger partial charge in [0.15, 0.2) is 0 Å². The van der Waals surface area contributed by atoms with Crippen molar-refractivity contribution in [1.29, 1.82) is 0 Å². The summed E-state index contributed by atoms with van der Waals surface area (Å²) in [6, 6.07) is 16.1. The van der Waals surface area contributed by atoms with Crippen LogP contribution in [0.4, 0.5) is 0 Å². The first-order valence-corrected chi connectivity index (χ1v) is 11.1. The molecule has 3 heterocycles. The van der Waals surface area contributed by atoms with E-state index in [1.54, 1.807) is 7.11 Å². The molecular formula is C23H24N4O2S. The number of fused-ring (bicyclic) bond motifs is 1. The van der Waals surface area contributed by atoms with Gasteiger partial charge < -0.3 is 9.15 Å². The summed E-state index contributed by atoms with van der Waals surface area (Å²) in [4.78, 5) is 7.33. The van der Waals surface area contributed by atoms with Crippen LogP contribution in [0.3, 0.4) is 0 Å². The summed E-state index contributed by atoms with van der Waals surface area (Å²) in [5.41, 5.74) is 2.00. The second-order valence-corrected chi connectivity index (χ2v) is 8.77. The van der Waals surface area contributed by atoms with Crippen molar-refractivity contribution in [2.24, 2.45) is 0 Å². The van der Waals surface area contributed by atoms with Crippen molar-refractivity contribution < 1.29 is 9.15 Å². The molecule has 1 fully saturated rings. The molecule has 2 atom stereocenters. The van der Waals surface area contributed by atoms with E-state index in [9.17, 15) is 0 Å². The van der Waals surface area contributed by atoms with Gasteiger partial charge in [-0.15, -0.1) is 21.5 Å². The molecule has 5 rings (SSSR count). The van der Waals surface area contributed by atoms with Gasteiger partial charge in [0.25, 0.3) is 0 Å². The fraction of sp³-hybridized carbons (Fsp3) is 0.348. The number of benzene rings is 2. The van der Waals surface area contributed by atoms with Gasteiger partial charge in [0.1, 0.15) is 5.75 Å². The molecule has 0 unspecified atom stereocenters. The van der Waals surface area contributed by atoms with Crippen molar-refractivity contribution >= 4 is 21.6 Å². The maximum absolute atomic E-state index is 6.03. The zero-order chi connectivity index (χ0) is 20.5. The van der Waals surface area contributed by atoms with Crippen LogP contribution in [-0.4, -0.2) is 40.3 Å². The number of thiazole rings is 1. The topological polar surface area (TPSA) is 64.3 Å². The average Bonchev–Trinajstić information content (AvgIpc) is 3.46. The van der Waals surface area contributed by atoms with Crippen LogP contribution >= 0.6 is 11.3 Å². The first-order valence-electron chi connectivity index (χ1n) is 10.3. The molecule has 6 nitrogen and oxygen atoms in total. The molecule has 0 aliphatic carbocycles. The summed E-state index contributed by atoms with van der Waals surface area (Å²) in [5, 5.41) is 9.84. The maximum Gasteiger partial charge on any atom is 0.247 e. The Bertz CT molecular complexity index is 1100. The van der Waals surface area contributed by atoms with Crippen LogP contribution in [0.5, 0.6) is 5.75 Å². The third kappa shape index (κ3) is 3.70. The van der Waals surface area contributed by atoms with E-state index in [1.807, 2.05) is 35.6 Å². The molecule has 1 aliphatic heterocycles. The maximum atomic E-state index is 6.03. The van der Waals surface area contributed by atoms with Gasteiger partial charge >= 0.3 is 0 Å². The molecule has 2 aromatic heterocycles. The lowest BCUT2D eigenvalue weighted by Crippen LogP contribution is -2.36. The predicted molar refractivity (Wildman–Crippen MR) is 118 cm³/mol. The third-order valence-electron chi connectivity index (χ3n) is 5.80. The van der Waals surface area contributed by atoms with Crippen molar-refractivity contribution in [2.45, 2.75) is 31.7 Å². The predicted octanol–water partition coefficient (Wildman–Crippen LogP) is 5.30. The van der Waals surface area contributed by atoms with Crippen LogP contribution in [0.1, 0.15) is 42.6 Å². The highest BCUT2D eigenvalue weighted by atomic mass is 32.1. The molecule has 0 N–H and O–H groups in total. The molecule has 0 amide bonds. The number of nitrogens with zero attached hydrogens (tertiary/aromatic N) is 4. The largest absolute Gasteiger partial charge is 0.497 e. The molecule has 2 aromatic carbocycles. The van der Waals surface area contributed by atoms with Crippen LogP contribution in [-0.2, 0) is 0 Å². The van der Waals surface area contributed by atoms with Crippen LogP contribution < -0.4 is 4.74 Å². The zero-order valence-corrected chi connectivity index (χ0v) is 17.9. The summed E-state index contributed by atoms with van der Waals surface area (Å²) in [7, 11) is 1.65. The van der Waals surface area contributed by atoms with Gasteiger partial charge in [-0.25, -0.2) is 4.98 Å². The number of aromatic nitrogens is 3. The van der Waals surface area contributed by atoms with E-state index >= 15 is 0 Å². The molecule has 30 heavy (non-hydrogen) atoms. The van der Waals surface area contributed by atoms with E-state index in [0.29, 0.717) is 17.7 Å². The van der Waals surface area contributed by atoms with Gasteiger partial charge in [-0.3, -0.25) is 4.90 Å². The van der Waals surface area contributed by atoms with Crippen molar-refractivity contribution in [3.05, 3.63) is 59.4 Å². The van der Waals surface area contributed by atoms with Crippen LogP contribution in [0.2, 0.25) is 0 Å². The lowest BCUT2D eigenvalue weighted by atomic mass is 9.97. The minimum Gasteiger partial charge on any atom is -0.497 e. The summed E-state index contributed by atoms with van der Waals surface area (Å²) in [6.07, 6.45) is 2.31. The number of piperidine rings is 1. The Kier molecular flexibility index (Phi) is 5.23. The molecule has 0 bridgehead atoms. The van der Waals surface area contributed by atoms with Crippen LogP contribution in [0, 0.1) is 0 Å². The fourth-order valence-electron chi connectivity index (χ4n) is 4.03. The number of hydrogen-bond donors (Lipinski definition) is 0. The van der Waals surface area contributed by atoms with E-state index in [0.717, 1.165) is 36.3 Å².